The lowest BCUT2D eigenvalue weighted by Gasteiger charge is -2.30. The SMILES string of the molecule is CCCN(CC1CCCCN1)C(=O)c1c(C)n[nH]c1C. The minimum absolute atomic E-state index is 0.114. The molecular weight excluding hydrogens is 252 g/mol. The Bertz CT molecular complexity index is 429. The molecule has 1 unspecified atom stereocenters. The Balaban J connectivity index is 2.09. The van der Waals surface area contributed by atoms with Crippen LogP contribution in [-0.4, -0.2) is 46.7 Å². The predicted octanol–water partition coefficient (Wildman–Crippen LogP) is 2.02. The number of hydrogen-bond acceptors (Lipinski definition) is 3. The molecule has 1 saturated heterocycles. The molecule has 20 heavy (non-hydrogen) atoms. The molecule has 2 rings (SSSR count). The number of nitrogens with zero attached hydrogens (tertiary/aromatic N) is 2. The molecule has 5 nitrogen and oxygen atoms in total. The quantitative estimate of drug-likeness (QED) is 0.866. The van der Waals surface area contributed by atoms with Crippen molar-refractivity contribution in [1.82, 2.24) is 20.4 Å². The summed E-state index contributed by atoms with van der Waals surface area (Å²) in [6.45, 7) is 8.60. The van der Waals surface area contributed by atoms with Gasteiger partial charge in [-0.05, 0) is 39.7 Å². The van der Waals surface area contributed by atoms with Crippen LogP contribution in [-0.2, 0) is 0 Å². The fraction of sp³-hybridized carbons (Fsp3) is 0.733. The topological polar surface area (TPSA) is 61.0 Å². The number of hydrogen-bond donors (Lipinski definition) is 2. The number of piperidine rings is 1. The second-order valence-electron chi connectivity index (χ2n) is 5.71. The summed E-state index contributed by atoms with van der Waals surface area (Å²) >= 11 is 0. The molecular formula is C15H26N4O. The zero-order valence-electron chi connectivity index (χ0n) is 12.8. The molecule has 2 heterocycles. The maximum Gasteiger partial charge on any atom is 0.257 e. The number of aromatic amines is 1. The van der Waals surface area contributed by atoms with Crippen LogP contribution in [0.3, 0.4) is 0 Å². The Hall–Kier alpha value is -1.36. The lowest BCUT2D eigenvalue weighted by molar-refractivity contribution is 0.0730. The minimum atomic E-state index is 0.114. The van der Waals surface area contributed by atoms with Crippen LogP contribution in [0.4, 0.5) is 0 Å². The minimum Gasteiger partial charge on any atom is -0.337 e. The molecule has 1 amide bonds. The first-order valence-electron chi connectivity index (χ1n) is 7.67. The number of amides is 1. The van der Waals surface area contributed by atoms with E-state index in [0.717, 1.165) is 49.4 Å². The molecule has 112 valence electrons. The van der Waals surface area contributed by atoms with E-state index in [2.05, 4.69) is 22.4 Å². The van der Waals surface area contributed by atoms with Gasteiger partial charge in [0.05, 0.1) is 11.3 Å². The zero-order chi connectivity index (χ0) is 14.5. The van der Waals surface area contributed by atoms with Crippen LogP contribution in [0, 0.1) is 13.8 Å². The average Bonchev–Trinajstić information content (AvgIpc) is 2.78. The van der Waals surface area contributed by atoms with E-state index in [0.29, 0.717) is 6.04 Å². The van der Waals surface area contributed by atoms with Crippen molar-refractivity contribution in [3.05, 3.63) is 17.0 Å². The van der Waals surface area contributed by atoms with Crippen LogP contribution < -0.4 is 5.32 Å². The number of H-pyrrole nitrogens is 1. The molecule has 1 fully saturated rings. The Morgan fingerprint density at radius 2 is 2.20 bits per heavy atom. The van der Waals surface area contributed by atoms with Gasteiger partial charge < -0.3 is 10.2 Å². The Kier molecular flexibility index (Phi) is 5.17. The monoisotopic (exact) mass is 278 g/mol. The highest BCUT2D eigenvalue weighted by Crippen LogP contribution is 2.15. The summed E-state index contributed by atoms with van der Waals surface area (Å²) in [5, 5.41) is 10.6. The van der Waals surface area contributed by atoms with Gasteiger partial charge in [-0.15, -0.1) is 0 Å². The summed E-state index contributed by atoms with van der Waals surface area (Å²) in [6, 6.07) is 0.437. The van der Waals surface area contributed by atoms with Crippen LogP contribution in [0.2, 0.25) is 0 Å². The number of nitrogens with one attached hydrogen (secondary N) is 2. The molecule has 0 saturated carbocycles. The van der Waals surface area contributed by atoms with Crippen molar-refractivity contribution in [2.45, 2.75) is 52.5 Å². The molecule has 1 aromatic heterocycles. The molecule has 0 aliphatic carbocycles. The second-order valence-corrected chi connectivity index (χ2v) is 5.71. The third kappa shape index (κ3) is 3.39. The number of carbonyl (C=O) groups excluding carboxylic acids is 1. The third-order valence-corrected chi connectivity index (χ3v) is 3.98. The molecule has 2 N–H and O–H groups in total. The van der Waals surface area contributed by atoms with E-state index in [9.17, 15) is 4.79 Å². The van der Waals surface area contributed by atoms with E-state index in [1.165, 1.54) is 12.8 Å². The van der Waals surface area contributed by atoms with Crippen molar-refractivity contribution in [1.29, 1.82) is 0 Å². The highest BCUT2D eigenvalue weighted by atomic mass is 16.2. The van der Waals surface area contributed by atoms with E-state index in [1.807, 2.05) is 18.7 Å². The van der Waals surface area contributed by atoms with E-state index in [1.54, 1.807) is 0 Å². The number of carbonyl (C=O) groups is 1. The summed E-state index contributed by atoms with van der Waals surface area (Å²) in [4.78, 5) is 14.7. The summed E-state index contributed by atoms with van der Waals surface area (Å²) in [7, 11) is 0. The van der Waals surface area contributed by atoms with Gasteiger partial charge >= 0.3 is 0 Å². The summed E-state index contributed by atoms with van der Waals surface area (Å²) in [6.07, 6.45) is 4.65. The standard InChI is InChI=1S/C15H26N4O/c1-4-9-19(10-13-7-5-6-8-16-13)15(20)14-11(2)17-18-12(14)3/h13,16H,4-10H2,1-3H3,(H,17,18). The molecule has 1 atom stereocenters. The summed E-state index contributed by atoms with van der Waals surface area (Å²) < 4.78 is 0. The van der Waals surface area contributed by atoms with E-state index in [-0.39, 0.29) is 5.91 Å². The van der Waals surface area contributed by atoms with Gasteiger partial charge in [0.25, 0.3) is 5.91 Å². The Morgan fingerprint density at radius 3 is 2.75 bits per heavy atom. The van der Waals surface area contributed by atoms with Crippen LogP contribution in [0.1, 0.15) is 54.4 Å². The molecule has 0 spiro atoms. The van der Waals surface area contributed by atoms with Crippen LogP contribution in [0.15, 0.2) is 0 Å². The van der Waals surface area contributed by atoms with Crippen molar-refractivity contribution in [3.63, 3.8) is 0 Å². The Labute approximate surface area is 121 Å². The van der Waals surface area contributed by atoms with Crippen LogP contribution in [0.5, 0.6) is 0 Å². The first-order valence-corrected chi connectivity index (χ1v) is 7.67. The Morgan fingerprint density at radius 1 is 1.40 bits per heavy atom. The second kappa shape index (κ2) is 6.88. The lowest BCUT2D eigenvalue weighted by atomic mass is 10.0. The van der Waals surface area contributed by atoms with Crippen molar-refractivity contribution < 1.29 is 4.79 Å². The van der Waals surface area contributed by atoms with Gasteiger partial charge in [0.15, 0.2) is 0 Å². The van der Waals surface area contributed by atoms with Gasteiger partial charge in [-0.25, -0.2) is 0 Å². The highest BCUT2D eigenvalue weighted by molar-refractivity contribution is 5.96. The summed E-state index contributed by atoms with van der Waals surface area (Å²) in [5.74, 6) is 0.114. The van der Waals surface area contributed by atoms with Gasteiger partial charge in [-0.2, -0.15) is 5.10 Å². The number of aromatic nitrogens is 2. The van der Waals surface area contributed by atoms with Gasteiger partial charge in [-0.1, -0.05) is 13.3 Å². The molecule has 0 radical (unpaired) electrons. The molecule has 1 aromatic rings. The van der Waals surface area contributed by atoms with Crippen LogP contribution in [0.25, 0.3) is 0 Å². The fourth-order valence-corrected chi connectivity index (χ4v) is 2.92. The molecule has 1 aliphatic heterocycles. The lowest BCUT2D eigenvalue weighted by Crippen LogP contribution is -2.46. The maximum absolute atomic E-state index is 12.7. The van der Waals surface area contributed by atoms with Gasteiger partial charge in [0, 0.05) is 24.8 Å². The largest absolute Gasteiger partial charge is 0.337 e. The van der Waals surface area contributed by atoms with E-state index >= 15 is 0 Å². The number of rotatable bonds is 5. The van der Waals surface area contributed by atoms with E-state index < -0.39 is 0 Å². The zero-order valence-corrected chi connectivity index (χ0v) is 12.8. The molecule has 1 aliphatic rings. The highest BCUT2D eigenvalue weighted by Gasteiger charge is 2.24. The molecule has 0 bridgehead atoms. The number of aryl methyl sites for hydroxylation is 2. The first-order chi connectivity index (χ1) is 9.63. The fourth-order valence-electron chi connectivity index (χ4n) is 2.92. The van der Waals surface area contributed by atoms with Crippen molar-refractivity contribution in [2.75, 3.05) is 19.6 Å². The molecule has 5 heteroatoms. The van der Waals surface area contributed by atoms with Gasteiger partial charge in [0.2, 0.25) is 0 Å². The van der Waals surface area contributed by atoms with Crippen LogP contribution >= 0.6 is 0 Å². The smallest absolute Gasteiger partial charge is 0.257 e. The normalized spacial score (nSPS) is 19.1. The average molecular weight is 278 g/mol. The van der Waals surface area contributed by atoms with E-state index in [4.69, 9.17) is 0 Å². The van der Waals surface area contributed by atoms with Gasteiger partial charge in [0.1, 0.15) is 0 Å². The third-order valence-electron chi connectivity index (χ3n) is 3.98. The predicted molar refractivity (Wildman–Crippen MR) is 79.9 cm³/mol. The maximum atomic E-state index is 12.7. The molecule has 0 aromatic carbocycles. The first kappa shape index (κ1) is 15.0. The van der Waals surface area contributed by atoms with Gasteiger partial charge in [-0.3, -0.25) is 9.89 Å². The van der Waals surface area contributed by atoms with Crippen molar-refractivity contribution in [3.8, 4) is 0 Å². The summed E-state index contributed by atoms with van der Waals surface area (Å²) in [5.41, 5.74) is 2.41. The van der Waals surface area contributed by atoms with Crippen molar-refractivity contribution in [2.24, 2.45) is 0 Å². The van der Waals surface area contributed by atoms with Crippen molar-refractivity contribution >= 4 is 5.91 Å².